The normalized spacial score (nSPS) is 11.3. The Morgan fingerprint density at radius 3 is 1.81 bits per heavy atom. The van der Waals surface area contributed by atoms with Gasteiger partial charge in [0.05, 0.1) is 23.3 Å². The van der Waals surface area contributed by atoms with Crippen molar-refractivity contribution in [2.45, 2.75) is 0 Å². The Morgan fingerprint density at radius 2 is 1.00 bits per heavy atom. The predicted octanol–water partition coefficient (Wildman–Crippen LogP) is 10.2. The van der Waals surface area contributed by atoms with Crippen molar-refractivity contribution in [1.29, 1.82) is 10.5 Å². The molecule has 0 aliphatic rings. The van der Waals surface area contributed by atoms with Gasteiger partial charge < -0.3 is 8.83 Å². The maximum Gasteiger partial charge on any atom is 0.135 e. The fourth-order valence-corrected chi connectivity index (χ4v) is 5.93. The molecule has 194 valence electrons. The van der Waals surface area contributed by atoms with Crippen LogP contribution in [0.2, 0.25) is 0 Å². The summed E-state index contributed by atoms with van der Waals surface area (Å²) in [5.74, 6) is 0. The minimum Gasteiger partial charge on any atom is -0.456 e. The molecule has 0 atom stereocenters. The monoisotopic (exact) mass is 536 g/mol. The fourth-order valence-electron chi connectivity index (χ4n) is 5.93. The zero-order valence-corrected chi connectivity index (χ0v) is 22.3. The van der Waals surface area contributed by atoms with Crippen molar-refractivity contribution in [1.82, 2.24) is 0 Å². The average Bonchev–Trinajstić information content (AvgIpc) is 3.61. The molecule has 0 spiro atoms. The summed E-state index contributed by atoms with van der Waals surface area (Å²) in [4.78, 5) is 0. The zero-order chi connectivity index (χ0) is 28.2. The van der Waals surface area contributed by atoms with Gasteiger partial charge >= 0.3 is 0 Å². The molecule has 0 unspecified atom stereocenters. The second-order valence-corrected chi connectivity index (χ2v) is 10.4. The van der Waals surface area contributed by atoms with Gasteiger partial charge in [-0.05, 0) is 88.5 Å². The van der Waals surface area contributed by atoms with Crippen molar-refractivity contribution in [2.75, 3.05) is 0 Å². The topological polar surface area (TPSA) is 73.9 Å². The zero-order valence-electron chi connectivity index (χ0n) is 22.3. The lowest BCUT2D eigenvalue weighted by Gasteiger charge is -2.14. The van der Waals surface area contributed by atoms with Gasteiger partial charge in [-0.15, -0.1) is 0 Å². The van der Waals surface area contributed by atoms with E-state index in [4.69, 9.17) is 8.83 Å². The van der Waals surface area contributed by atoms with Gasteiger partial charge in [0.15, 0.2) is 0 Å². The molecule has 0 radical (unpaired) electrons. The first-order chi connectivity index (χ1) is 20.7. The van der Waals surface area contributed by atoms with Crippen LogP contribution in [0.1, 0.15) is 11.1 Å². The molecule has 0 bridgehead atoms. The standard InChI is InChI=1S/C38H20N2O2/c39-21-23-9-14-36-32(17-23)34-19-25(11-15-38(34)42-36)24-10-13-29(31(18-24)28-6-2-1-5-27(28)22-40)26-12-16-37-33(20-26)30-7-3-4-8-35(30)41-37/h1-20H. The average molecular weight is 537 g/mol. The third-order valence-electron chi connectivity index (χ3n) is 7.98. The molecule has 0 aliphatic heterocycles. The minimum absolute atomic E-state index is 0.595. The summed E-state index contributed by atoms with van der Waals surface area (Å²) in [6.45, 7) is 0. The molecule has 6 aromatic carbocycles. The number of rotatable bonds is 3. The summed E-state index contributed by atoms with van der Waals surface area (Å²) in [6.07, 6.45) is 0. The van der Waals surface area contributed by atoms with E-state index < -0.39 is 0 Å². The van der Waals surface area contributed by atoms with Gasteiger partial charge in [0.2, 0.25) is 0 Å². The van der Waals surface area contributed by atoms with Crippen LogP contribution in [0.15, 0.2) is 130 Å². The molecule has 0 fully saturated rings. The Morgan fingerprint density at radius 1 is 0.405 bits per heavy atom. The fraction of sp³-hybridized carbons (Fsp3) is 0. The van der Waals surface area contributed by atoms with Crippen LogP contribution in [0.5, 0.6) is 0 Å². The van der Waals surface area contributed by atoms with Gasteiger partial charge in [0, 0.05) is 27.1 Å². The molecule has 0 amide bonds. The second kappa shape index (κ2) is 9.24. The molecular formula is C38H20N2O2. The summed E-state index contributed by atoms with van der Waals surface area (Å²) >= 11 is 0. The second-order valence-electron chi connectivity index (χ2n) is 10.4. The van der Waals surface area contributed by atoms with Crippen LogP contribution < -0.4 is 0 Å². The number of nitrogens with zero attached hydrogens (tertiary/aromatic N) is 2. The number of fused-ring (bicyclic) bond motifs is 6. The van der Waals surface area contributed by atoms with E-state index >= 15 is 0 Å². The van der Waals surface area contributed by atoms with Crippen molar-refractivity contribution < 1.29 is 8.83 Å². The highest BCUT2D eigenvalue weighted by atomic mass is 16.3. The van der Waals surface area contributed by atoms with Crippen molar-refractivity contribution in [3.05, 3.63) is 132 Å². The van der Waals surface area contributed by atoms with Crippen LogP contribution in [-0.2, 0) is 0 Å². The quantitative estimate of drug-likeness (QED) is 0.225. The largest absolute Gasteiger partial charge is 0.456 e. The number of furan rings is 2. The predicted molar refractivity (Wildman–Crippen MR) is 167 cm³/mol. The smallest absolute Gasteiger partial charge is 0.135 e. The van der Waals surface area contributed by atoms with Crippen molar-refractivity contribution in [3.8, 4) is 45.5 Å². The van der Waals surface area contributed by atoms with Crippen LogP contribution in [-0.4, -0.2) is 0 Å². The first kappa shape index (κ1) is 23.8. The first-order valence-electron chi connectivity index (χ1n) is 13.6. The lowest BCUT2D eigenvalue weighted by atomic mass is 9.88. The highest BCUT2D eigenvalue weighted by Gasteiger charge is 2.16. The third-order valence-corrected chi connectivity index (χ3v) is 7.98. The van der Waals surface area contributed by atoms with Crippen LogP contribution in [0, 0.1) is 22.7 Å². The molecule has 4 heteroatoms. The van der Waals surface area contributed by atoms with Crippen LogP contribution in [0.25, 0.3) is 77.3 Å². The summed E-state index contributed by atoms with van der Waals surface area (Å²) in [7, 11) is 0. The molecule has 0 N–H and O–H groups in total. The SMILES string of the molecule is N#Cc1ccc2oc3ccc(-c4ccc(-c5ccc6oc7ccccc7c6c5)c(-c5ccccc5C#N)c4)cc3c2c1. The molecule has 0 saturated carbocycles. The first-order valence-corrected chi connectivity index (χ1v) is 13.6. The minimum atomic E-state index is 0.595. The van der Waals surface area contributed by atoms with E-state index in [1.165, 1.54) is 0 Å². The summed E-state index contributed by atoms with van der Waals surface area (Å²) in [6, 6.07) is 44.7. The number of hydrogen-bond donors (Lipinski definition) is 0. The van der Waals surface area contributed by atoms with E-state index in [9.17, 15) is 10.5 Å². The van der Waals surface area contributed by atoms with E-state index in [2.05, 4.69) is 60.7 Å². The van der Waals surface area contributed by atoms with E-state index in [0.717, 1.165) is 77.3 Å². The lowest BCUT2D eigenvalue weighted by Crippen LogP contribution is -1.90. The van der Waals surface area contributed by atoms with Gasteiger partial charge in [0.1, 0.15) is 22.3 Å². The molecule has 8 aromatic rings. The Balaban J connectivity index is 1.35. The highest BCUT2D eigenvalue weighted by Crippen LogP contribution is 2.40. The van der Waals surface area contributed by atoms with Crippen molar-refractivity contribution >= 4 is 43.9 Å². The number of hydrogen-bond acceptors (Lipinski definition) is 4. The maximum atomic E-state index is 10.0. The van der Waals surface area contributed by atoms with Gasteiger partial charge in [-0.25, -0.2) is 0 Å². The Labute approximate surface area is 240 Å². The number of benzene rings is 6. The van der Waals surface area contributed by atoms with Gasteiger partial charge in [-0.1, -0.05) is 60.7 Å². The van der Waals surface area contributed by atoms with E-state index in [0.29, 0.717) is 11.1 Å². The Kier molecular flexibility index (Phi) is 5.22. The van der Waals surface area contributed by atoms with E-state index in [1.807, 2.05) is 66.7 Å². The molecule has 2 heterocycles. The summed E-state index contributed by atoms with van der Waals surface area (Å²) < 4.78 is 12.1. The van der Waals surface area contributed by atoms with Crippen molar-refractivity contribution in [2.24, 2.45) is 0 Å². The molecular weight excluding hydrogens is 516 g/mol. The molecule has 8 rings (SSSR count). The molecule has 0 aliphatic carbocycles. The van der Waals surface area contributed by atoms with Crippen LogP contribution in [0.3, 0.4) is 0 Å². The number of para-hydroxylation sites is 1. The van der Waals surface area contributed by atoms with Gasteiger partial charge in [-0.2, -0.15) is 10.5 Å². The molecule has 4 nitrogen and oxygen atoms in total. The van der Waals surface area contributed by atoms with E-state index in [1.54, 1.807) is 6.07 Å². The molecule has 42 heavy (non-hydrogen) atoms. The Bertz CT molecular complexity index is 2450. The lowest BCUT2D eigenvalue weighted by molar-refractivity contribution is 0.668. The summed E-state index contributed by atoms with van der Waals surface area (Å²) in [5, 5.41) is 23.4. The van der Waals surface area contributed by atoms with E-state index in [-0.39, 0.29) is 0 Å². The van der Waals surface area contributed by atoms with Gasteiger partial charge in [0.25, 0.3) is 0 Å². The number of nitriles is 2. The maximum absolute atomic E-state index is 10.0. The molecule has 0 saturated heterocycles. The van der Waals surface area contributed by atoms with Gasteiger partial charge in [-0.3, -0.25) is 0 Å². The molecule has 2 aromatic heterocycles. The summed E-state index contributed by atoms with van der Waals surface area (Å²) in [5.41, 5.74) is 10.4. The highest BCUT2D eigenvalue weighted by molar-refractivity contribution is 6.08. The van der Waals surface area contributed by atoms with Crippen LogP contribution in [0.4, 0.5) is 0 Å². The van der Waals surface area contributed by atoms with Crippen molar-refractivity contribution in [3.63, 3.8) is 0 Å². The van der Waals surface area contributed by atoms with Crippen LogP contribution >= 0.6 is 0 Å². The Hall–Kier alpha value is -6.10. The third kappa shape index (κ3) is 3.68.